The highest BCUT2D eigenvalue weighted by molar-refractivity contribution is 8.13. The van der Waals surface area contributed by atoms with Crippen LogP contribution in [0, 0.1) is 17.8 Å². The topological polar surface area (TPSA) is 152 Å². The molecule has 3 aliphatic rings. The van der Waals surface area contributed by atoms with Crippen LogP contribution in [0.1, 0.15) is 106 Å². The van der Waals surface area contributed by atoms with E-state index in [1.54, 1.807) is 16.0 Å². The highest BCUT2D eigenvalue weighted by atomic mass is 32.2. The molecule has 3 aromatic rings. The van der Waals surface area contributed by atoms with Crippen molar-refractivity contribution >= 4 is 80.5 Å². The Hall–Kier alpha value is -3.21. The second-order valence-corrected chi connectivity index (χ2v) is 22.7. The zero-order chi connectivity index (χ0) is 44.8. The molecular weight excluding hydrogens is 878 g/mol. The van der Waals surface area contributed by atoms with E-state index in [0.717, 1.165) is 59.0 Å². The summed E-state index contributed by atoms with van der Waals surface area (Å²) in [6.45, 7) is 9.88. The second-order valence-electron chi connectivity index (χ2n) is 17.3. The van der Waals surface area contributed by atoms with Gasteiger partial charge in [-0.25, -0.2) is 0 Å². The van der Waals surface area contributed by atoms with E-state index in [-0.39, 0.29) is 73.5 Å². The number of thioether (sulfide) groups is 2. The minimum absolute atomic E-state index is 0.0116. The molecule has 338 valence electrons. The lowest BCUT2D eigenvalue weighted by atomic mass is 9.90. The first kappa shape index (κ1) is 48.3. The Bertz CT molecular complexity index is 2100. The maximum Gasteiger partial charge on any atom is 0.404 e. The monoisotopic (exact) mass is 934 g/mol. The fraction of sp³-hybridized carbons (Fsp3) is 0.591. The van der Waals surface area contributed by atoms with E-state index >= 15 is 8.78 Å². The van der Waals surface area contributed by atoms with E-state index in [0.29, 0.717) is 56.3 Å². The number of rotatable bonds is 18. The minimum Gasteiger partial charge on any atom is -0.340 e. The number of amides is 3. The molecule has 0 aliphatic carbocycles. The maximum absolute atomic E-state index is 16.4. The summed E-state index contributed by atoms with van der Waals surface area (Å²) in [5.74, 6) is -0.337. The zero-order valence-corrected chi connectivity index (χ0v) is 39.2. The quantitative estimate of drug-likeness (QED) is 0.0961. The van der Waals surface area contributed by atoms with Crippen LogP contribution in [0.25, 0.3) is 10.1 Å². The van der Waals surface area contributed by atoms with Gasteiger partial charge in [0.1, 0.15) is 12.1 Å². The van der Waals surface area contributed by atoms with Gasteiger partial charge >= 0.3 is 13.3 Å². The van der Waals surface area contributed by atoms with Gasteiger partial charge < -0.3 is 24.2 Å². The Balaban J connectivity index is 1.14. The number of alkyl halides is 2. The van der Waals surface area contributed by atoms with Gasteiger partial charge in [0.2, 0.25) is 11.8 Å². The predicted octanol–water partition coefficient (Wildman–Crippen LogP) is 9.09. The van der Waals surface area contributed by atoms with Gasteiger partial charge in [-0.3, -0.25) is 33.5 Å². The third-order valence-corrected chi connectivity index (χ3v) is 16.4. The van der Waals surface area contributed by atoms with Crippen molar-refractivity contribution in [3.8, 4) is 0 Å². The van der Waals surface area contributed by atoms with Gasteiger partial charge in [-0.2, -0.15) is 8.78 Å². The van der Waals surface area contributed by atoms with Crippen molar-refractivity contribution in [2.75, 3.05) is 37.8 Å². The number of hydrogen-bond donors (Lipinski definition) is 1. The first-order valence-electron chi connectivity index (χ1n) is 21.4. The molecule has 3 fully saturated rings. The summed E-state index contributed by atoms with van der Waals surface area (Å²) in [5.41, 5.74) is -3.72. The molecular formula is C44H57F2N4O8PS3. The van der Waals surface area contributed by atoms with Crippen LogP contribution in [0.15, 0.2) is 48.8 Å². The average molecular weight is 935 g/mol. The summed E-state index contributed by atoms with van der Waals surface area (Å²) < 4.78 is 58.1. The minimum atomic E-state index is -5.23. The van der Waals surface area contributed by atoms with Gasteiger partial charge in [0.25, 0.3) is 5.91 Å². The largest absolute Gasteiger partial charge is 0.404 e. The van der Waals surface area contributed by atoms with Gasteiger partial charge in [-0.1, -0.05) is 76.7 Å². The third-order valence-electron chi connectivity index (χ3n) is 11.5. The van der Waals surface area contributed by atoms with Crippen LogP contribution in [-0.2, 0) is 38.5 Å². The fourth-order valence-electron chi connectivity index (χ4n) is 8.27. The molecule has 0 saturated carbocycles. The van der Waals surface area contributed by atoms with E-state index in [9.17, 15) is 28.5 Å². The Morgan fingerprint density at radius 3 is 2.23 bits per heavy atom. The number of fused-ring (bicyclic) bond motifs is 2. The smallest absolute Gasteiger partial charge is 0.340 e. The van der Waals surface area contributed by atoms with Crippen molar-refractivity contribution in [1.82, 2.24) is 20.1 Å². The molecule has 1 unspecified atom stereocenters. The summed E-state index contributed by atoms with van der Waals surface area (Å²) in [6, 6.07) is 7.38. The molecule has 6 rings (SSSR count). The Kier molecular flexibility index (Phi) is 16.5. The number of pyridine rings is 1. The lowest BCUT2D eigenvalue weighted by Crippen LogP contribution is -2.60. The number of hydrogen-bond acceptors (Lipinski definition) is 12. The van der Waals surface area contributed by atoms with Crippen LogP contribution >= 0.6 is 42.5 Å². The second kappa shape index (κ2) is 21.2. The van der Waals surface area contributed by atoms with Gasteiger partial charge in [0, 0.05) is 72.1 Å². The molecule has 5 heterocycles. The number of carbonyl (C=O) groups is 5. The summed E-state index contributed by atoms with van der Waals surface area (Å²) >= 11 is 2.88. The Morgan fingerprint density at radius 1 is 0.952 bits per heavy atom. The number of likely N-dealkylation sites (tertiary alicyclic amines) is 1. The highest BCUT2D eigenvalue weighted by Crippen LogP contribution is 2.67. The van der Waals surface area contributed by atoms with Crippen LogP contribution in [0.3, 0.4) is 0 Å². The van der Waals surface area contributed by atoms with E-state index < -0.39 is 50.0 Å². The van der Waals surface area contributed by atoms with Gasteiger partial charge in [0.15, 0.2) is 10.2 Å². The Labute approximate surface area is 374 Å². The van der Waals surface area contributed by atoms with Crippen molar-refractivity contribution in [3.63, 3.8) is 0 Å². The van der Waals surface area contributed by atoms with E-state index in [1.807, 2.05) is 46.0 Å². The van der Waals surface area contributed by atoms with Crippen LogP contribution < -0.4 is 5.32 Å². The van der Waals surface area contributed by atoms with Crippen LogP contribution in [0.4, 0.5) is 8.78 Å². The predicted molar refractivity (Wildman–Crippen MR) is 241 cm³/mol. The summed E-state index contributed by atoms with van der Waals surface area (Å²) in [7, 11) is -5.23. The van der Waals surface area contributed by atoms with Crippen molar-refractivity contribution in [3.05, 3.63) is 64.8 Å². The zero-order valence-electron chi connectivity index (χ0n) is 35.9. The molecule has 0 spiro atoms. The van der Waals surface area contributed by atoms with Crippen molar-refractivity contribution in [1.29, 1.82) is 0 Å². The lowest BCUT2D eigenvalue weighted by Gasteiger charge is -2.44. The van der Waals surface area contributed by atoms with E-state index in [1.165, 1.54) is 12.1 Å². The lowest BCUT2D eigenvalue weighted by molar-refractivity contribution is -0.150. The number of nitrogens with zero attached hydrogens (tertiary/aromatic N) is 3. The van der Waals surface area contributed by atoms with Crippen molar-refractivity contribution < 1.29 is 46.4 Å². The molecule has 2 aromatic heterocycles. The molecule has 62 heavy (non-hydrogen) atoms. The van der Waals surface area contributed by atoms with Crippen LogP contribution in [-0.4, -0.2) is 98.7 Å². The molecule has 3 amide bonds. The summed E-state index contributed by atoms with van der Waals surface area (Å²) in [5, 5.41) is 2.92. The first-order chi connectivity index (χ1) is 29.5. The molecule has 4 atom stereocenters. The molecule has 0 radical (unpaired) electrons. The highest BCUT2D eigenvalue weighted by Gasteiger charge is 2.55. The van der Waals surface area contributed by atoms with Gasteiger partial charge in [-0.05, 0) is 78.7 Å². The standard InChI is InChI=1S/C44H57F2N4O8PS3/c1-27(2)20-39(51)60-18-16-57-59(56,58-17-19-61-40(52)21-28(3)4)44(45,46)33-11-14-37-31(22-33)23-38(62-37)41(53)48-34-10-6-8-29(5)35-12-13-36(50(35)42(34)54)43(55)49-25-32(26-49)30-9-7-15-47-24-30/h7,9,11,14-15,22-24,27-29,32,34-36H,6,8,10,12-13,16-21,25-26H2,1-5H3,(H,48,53)/t29?,34-,35+,36-/m0/s1. The third kappa shape index (κ3) is 11.5. The first-order valence-corrected chi connectivity index (χ1v) is 25.7. The van der Waals surface area contributed by atoms with E-state index in [2.05, 4.69) is 17.2 Å². The molecule has 18 heteroatoms. The van der Waals surface area contributed by atoms with E-state index in [4.69, 9.17) is 9.05 Å². The molecule has 3 aliphatic heterocycles. The number of thiophene rings is 1. The Morgan fingerprint density at radius 2 is 1.61 bits per heavy atom. The molecule has 0 bridgehead atoms. The van der Waals surface area contributed by atoms with Crippen molar-refractivity contribution in [2.45, 2.75) is 109 Å². The number of carbonyl (C=O) groups excluding carboxylic acids is 5. The van der Waals surface area contributed by atoms with Crippen molar-refractivity contribution in [2.24, 2.45) is 17.8 Å². The molecule has 1 aromatic carbocycles. The normalized spacial score (nSPS) is 21.2. The number of nitrogens with one attached hydrogen (secondary N) is 1. The number of halogens is 2. The van der Waals surface area contributed by atoms with Crippen LogP contribution in [0.5, 0.6) is 0 Å². The molecule has 12 nitrogen and oxygen atoms in total. The SMILES string of the molecule is CC(C)CC(=O)SCCOP(=O)(OCCSC(=O)CC(C)C)C(F)(F)c1ccc2sc(C(=O)N[C@H]3CCCC(C)[C@H]4CC[C@@H](C(=O)N5CC(c6cccnc6)C5)N4C3=O)cc2c1. The van der Waals surface area contributed by atoms with Gasteiger partial charge in [0.05, 0.1) is 18.1 Å². The number of aromatic nitrogens is 1. The van der Waals surface area contributed by atoms with Gasteiger partial charge in [-0.15, -0.1) is 11.3 Å². The van der Waals surface area contributed by atoms with Crippen LogP contribution in [0.2, 0.25) is 0 Å². The average Bonchev–Trinajstić information content (AvgIpc) is 3.84. The molecule has 3 saturated heterocycles. The fourth-order valence-corrected chi connectivity index (χ4v) is 12.7. The summed E-state index contributed by atoms with van der Waals surface area (Å²) in [6.07, 6.45) is 7.28. The maximum atomic E-state index is 16.4. The number of benzene rings is 1. The summed E-state index contributed by atoms with van der Waals surface area (Å²) in [4.78, 5) is 74.4. The molecule has 1 N–H and O–H groups in total.